The van der Waals surface area contributed by atoms with Crippen LogP contribution >= 0.6 is 0 Å². The lowest BCUT2D eigenvalue weighted by molar-refractivity contribution is -0.120. The van der Waals surface area contributed by atoms with Gasteiger partial charge in [0.25, 0.3) is 0 Å². The predicted octanol–water partition coefficient (Wildman–Crippen LogP) is 3.39. The van der Waals surface area contributed by atoms with Crippen LogP contribution < -0.4 is 9.64 Å². The average Bonchev–Trinajstić information content (AvgIpc) is 3.36. The van der Waals surface area contributed by atoms with Gasteiger partial charge in [0.15, 0.2) is 0 Å². The first kappa shape index (κ1) is 13.7. The molecule has 108 valence electrons. The van der Waals surface area contributed by atoms with Crippen LogP contribution in [0.15, 0.2) is 54.6 Å². The first-order chi connectivity index (χ1) is 10.2. The third kappa shape index (κ3) is 2.40. The number of hydrogen-bond donors (Lipinski definition) is 0. The Kier molecular flexibility index (Phi) is 3.42. The third-order valence-corrected chi connectivity index (χ3v) is 4.23. The zero-order valence-electron chi connectivity index (χ0n) is 12.4. The number of amides is 1. The van der Waals surface area contributed by atoms with Gasteiger partial charge in [-0.05, 0) is 30.5 Å². The van der Waals surface area contributed by atoms with Crippen LogP contribution in [0.4, 0.5) is 5.69 Å². The molecule has 0 saturated heterocycles. The standard InChI is InChI=1S/C18H19NO2/c1-19(15-9-6-10-16(13-15)21-2)17(20)18(11-12-18)14-7-4-3-5-8-14/h3-10,13H,11-12H2,1-2H3. The van der Waals surface area contributed by atoms with E-state index in [1.165, 1.54) is 0 Å². The van der Waals surface area contributed by atoms with E-state index in [-0.39, 0.29) is 11.3 Å². The molecule has 1 aliphatic carbocycles. The fourth-order valence-corrected chi connectivity index (χ4v) is 2.77. The van der Waals surface area contributed by atoms with Gasteiger partial charge in [0.2, 0.25) is 5.91 Å². The van der Waals surface area contributed by atoms with E-state index < -0.39 is 0 Å². The summed E-state index contributed by atoms with van der Waals surface area (Å²) in [5.41, 5.74) is 1.64. The summed E-state index contributed by atoms with van der Waals surface area (Å²) < 4.78 is 5.23. The average molecular weight is 281 g/mol. The molecule has 0 aromatic heterocycles. The highest BCUT2D eigenvalue weighted by Crippen LogP contribution is 2.49. The van der Waals surface area contributed by atoms with E-state index in [1.807, 2.05) is 61.6 Å². The van der Waals surface area contributed by atoms with Crippen LogP contribution in [0.2, 0.25) is 0 Å². The molecular formula is C18H19NO2. The molecule has 2 aromatic rings. The highest BCUT2D eigenvalue weighted by atomic mass is 16.5. The van der Waals surface area contributed by atoms with Crippen molar-refractivity contribution in [3.63, 3.8) is 0 Å². The van der Waals surface area contributed by atoms with Crippen molar-refractivity contribution in [3.8, 4) is 5.75 Å². The van der Waals surface area contributed by atoms with Gasteiger partial charge in [0.1, 0.15) is 5.75 Å². The third-order valence-electron chi connectivity index (χ3n) is 4.23. The lowest BCUT2D eigenvalue weighted by Crippen LogP contribution is -2.36. The van der Waals surface area contributed by atoms with Crippen LogP contribution in [0.3, 0.4) is 0 Å². The van der Waals surface area contributed by atoms with E-state index in [0.29, 0.717) is 0 Å². The Balaban J connectivity index is 1.88. The Morgan fingerprint density at radius 3 is 2.43 bits per heavy atom. The van der Waals surface area contributed by atoms with Gasteiger partial charge < -0.3 is 9.64 Å². The minimum absolute atomic E-state index is 0.155. The van der Waals surface area contributed by atoms with Crippen LogP contribution in [-0.4, -0.2) is 20.1 Å². The molecule has 0 aliphatic heterocycles. The molecule has 1 aliphatic rings. The van der Waals surface area contributed by atoms with Gasteiger partial charge >= 0.3 is 0 Å². The molecule has 21 heavy (non-hydrogen) atoms. The largest absolute Gasteiger partial charge is 0.497 e. The van der Waals surface area contributed by atoms with Crippen LogP contribution in [0, 0.1) is 0 Å². The second kappa shape index (κ2) is 5.24. The molecule has 1 fully saturated rings. The first-order valence-corrected chi connectivity index (χ1v) is 7.15. The number of rotatable bonds is 4. The van der Waals surface area contributed by atoms with Gasteiger partial charge in [-0.1, -0.05) is 36.4 Å². The summed E-state index contributed by atoms with van der Waals surface area (Å²) in [6, 6.07) is 17.7. The van der Waals surface area contributed by atoms with Gasteiger partial charge in [0.05, 0.1) is 12.5 Å². The molecule has 3 rings (SSSR count). The quantitative estimate of drug-likeness (QED) is 0.859. The van der Waals surface area contributed by atoms with Crippen molar-refractivity contribution >= 4 is 11.6 Å². The molecule has 0 N–H and O–H groups in total. The van der Waals surface area contributed by atoms with Crippen molar-refractivity contribution in [1.29, 1.82) is 0 Å². The summed E-state index contributed by atoms with van der Waals surface area (Å²) in [5, 5.41) is 0. The maximum Gasteiger partial charge on any atom is 0.237 e. The van der Waals surface area contributed by atoms with E-state index in [2.05, 4.69) is 0 Å². The molecular weight excluding hydrogens is 262 g/mol. The summed E-state index contributed by atoms with van der Waals surface area (Å²) in [6.07, 6.45) is 1.84. The summed E-state index contributed by atoms with van der Waals surface area (Å²) in [4.78, 5) is 14.7. The number of benzene rings is 2. The van der Waals surface area contributed by atoms with E-state index in [0.717, 1.165) is 29.8 Å². The highest BCUT2D eigenvalue weighted by molar-refractivity contribution is 6.03. The van der Waals surface area contributed by atoms with Gasteiger partial charge in [-0.2, -0.15) is 0 Å². The summed E-state index contributed by atoms with van der Waals surface area (Å²) in [5.74, 6) is 0.915. The molecule has 3 nitrogen and oxygen atoms in total. The predicted molar refractivity (Wildman–Crippen MR) is 83.8 cm³/mol. The molecule has 0 atom stereocenters. The number of carbonyl (C=O) groups is 1. The van der Waals surface area contributed by atoms with Gasteiger partial charge in [-0.15, -0.1) is 0 Å². The Hall–Kier alpha value is -2.29. The second-order valence-corrected chi connectivity index (χ2v) is 5.51. The Labute approximate surface area is 125 Å². The SMILES string of the molecule is COc1cccc(N(C)C(=O)C2(c3ccccc3)CC2)c1. The monoisotopic (exact) mass is 281 g/mol. The van der Waals surface area contributed by atoms with E-state index in [1.54, 1.807) is 12.0 Å². The minimum Gasteiger partial charge on any atom is -0.497 e. The number of hydrogen-bond acceptors (Lipinski definition) is 2. The van der Waals surface area contributed by atoms with Gasteiger partial charge in [-0.3, -0.25) is 4.79 Å². The van der Waals surface area contributed by atoms with Crippen LogP contribution in [0.1, 0.15) is 18.4 Å². The zero-order valence-corrected chi connectivity index (χ0v) is 12.4. The lowest BCUT2D eigenvalue weighted by atomic mass is 9.94. The maximum absolute atomic E-state index is 12.9. The second-order valence-electron chi connectivity index (χ2n) is 5.51. The molecule has 0 spiro atoms. The van der Waals surface area contributed by atoms with Crippen LogP contribution in [0.25, 0.3) is 0 Å². The van der Waals surface area contributed by atoms with Gasteiger partial charge in [0, 0.05) is 18.8 Å². The number of carbonyl (C=O) groups excluding carboxylic acids is 1. The number of likely N-dealkylation sites (N-methyl/N-ethyl adjacent to an activating group) is 1. The molecule has 2 aromatic carbocycles. The van der Waals surface area contributed by atoms with E-state index >= 15 is 0 Å². The Bertz CT molecular complexity index is 647. The number of nitrogens with zero attached hydrogens (tertiary/aromatic N) is 1. The summed E-state index contributed by atoms with van der Waals surface area (Å²) in [6.45, 7) is 0. The lowest BCUT2D eigenvalue weighted by Gasteiger charge is -2.24. The van der Waals surface area contributed by atoms with Crippen molar-refractivity contribution in [2.24, 2.45) is 0 Å². The van der Waals surface area contributed by atoms with E-state index in [9.17, 15) is 4.79 Å². The molecule has 1 amide bonds. The van der Waals surface area contributed by atoms with Crippen molar-refractivity contribution < 1.29 is 9.53 Å². The fourth-order valence-electron chi connectivity index (χ4n) is 2.77. The molecule has 0 radical (unpaired) electrons. The first-order valence-electron chi connectivity index (χ1n) is 7.15. The van der Waals surface area contributed by atoms with Crippen molar-refractivity contribution in [2.75, 3.05) is 19.1 Å². The van der Waals surface area contributed by atoms with Crippen LogP contribution in [0.5, 0.6) is 5.75 Å². The molecule has 1 saturated carbocycles. The molecule has 0 heterocycles. The van der Waals surface area contributed by atoms with Crippen LogP contribution in [-0.2, 0) is 10.2 Å². The number of ether oxygens (including phenoxy) is 1. The molecule has 3 heteroatoms. The van der Waals surface area contributed by atoms with Crippen molar-refractivity contribution in [2.45, 2.75) is 18.3 Å². The Morgan fingerprint density at radius 2 is 1.81 bits per heavy atom. The summed E-state index contributed by atoms with van der Waals surface area (Å²) >= 11 is 0. The normalized spacial score (nSPS) is 15.3. The fraction of sp³-hybridized carbons (Fsp3) is 0.278. The number of anilines is 1. The summed E-state index contributed by atoms with van der Waals surface area (Å²) in [7, 11) is 3.47. The highest BCUT2D eigenvalue weighted by Gasteiger charge is 2.52. The molecule has 0 bridgehead atoms. The maximum atomic E-state index is 12.9. The van der Waals surface area contributed by atoms with Crippen molar-refractivity contribution in [1.82, 2.24) is 0 Å². The Morgan fingerprint density at radius 1 is 1.10 bits per heavy atom. The smallest absolute Gasteiger partial charge is 0.237 e. The van der Waals surface area contributed by atoms with E-state index in [4.69, 9.17) is 4.74 Å². The van der Waals surface area contributed by atoms with Crippen molar-refractivity contribution in [3.05, 3.63) is 60.2 Å². The van der Waals surface area contributed by atoms with Gasteiger partial charge in [-0.25, -0.2) is 0 Å². The minimum atomic E-state index is -0.334. The zero-order chi connectivity index (χ0) is 14.9. The number of methoxy groups -OCH3 is 1. The topological polar surface area (TPSA) is 29.5 Å². The molecule has 0 unspecified atom stereocenters.